The van der Waals surface area contributed by atoms with Gasteiger partial charge in [-0.1, -0.05) is 23.2 Å². The molecule has 4 N–H and O–H groups in total. The number of fused-ring (bicyclic) bond motifs is 1. The molecule has 1 aromatic carbocycles. The second kappa shape index (κ2) is 9.78. The van der Waals surface area contributed by atoms with E-state index in [-0.39, 0.29) is 17.4 Å². The van der Waals surface area contributed by atoms with Crippen LogP contribution in [0.4, 0.5) is 0 Å². The molecule has 1 saturated heterocycles. The Hall–Kier alpha value is -1.45. The van der Waals surface area contributed by atoms with E-state index < -0.39 is 0 Å². The Bertz CT molecular complexity index is 941. The Morgan fingerprint density at radius 1 is 1.27 bits per heavy atom. The number of carbonyl (C=O) groups is 2. The van der Waals surface area contributed by atoms with Crippen molar-refractivity contribution in [2.45, 2.75) is 38.1 Å². The van der Waals surface area contributed by atoms with E-state index in [1.165, 1.54) is 19.1 Å². The van der Waals surface area contributed by atoms with Gasteiger partial charge in [0, 0.05) is 55.6 Å². The number of hydrogen-bond acceptors (Lipinski definition) is 5. The number of benzene rings is 1. The van der Waals surface area contributed by atoms with Gasteiger partial charge in [0.25, 0.3) is 5.91 Å². The fraction of sp³-hybridized carbons (Fsp3) is 0.500. The van der Waals surface area contributed by atoms with Gasteiger partial charge in [-0.3, -0.25) is 14.3 Å². The third-order valence-electron chi connectivity index (χ3n) is 5.58. The zero-order valence-electron chi connectivity index (χ0n) is 17.1. The molecule has 30 heavy (non-hydrogen) atoms. The van der Waals surface area contributed by atoms with Gasteiger partial charge >= 0.3 is 0 Å². The van der Waals surface area contributed by atoms with E-state index in [1.807, 2.05) is 17.7 Å². The van der Waals surface area contributed by atoms with Gasteiger partial charge in [-0.15, -0.1) is 0 Å². The first kappa shape index (κ1) is 23.2. The minimum Gasteiger partial charge on any atom is -0.345 e. The Kier molecular flexibility index (Phi) is 7.57. The lowest BCUT2D eigenvalue weighted by atomic mass is 9.83. The fourth-order valence-electron chi connectivity index (χ4n) is 3.88. The summed E-state index contributed by atoms with van der Waals surface area (Å²) < 4.78 is 6.70. The number of nitrogens with zero attached hydrogens (tertiary/aromatic N) is 2. The number of carbonyl (C=O) groups excluding carboxylic acids is 2. The van der Waals surface area contributed by atoms with Crippen molar-refractivity contribution in [2.24, 2.45) is 12.8 Å². The lowest BCUT2D eigenvalue weighted by molar-refractivity contribution is -0.117. The van der Waals surface area contributed by atoms with Crippen LogP contribution in [0.3, 0.4) is 0 Å². The number of halogens is 2. The van der Waals surface area contributed by atoms with Crippen LogP contribution in [0.2, 0.25) is 10.0 Å². The first-order chi connectivity index (χ1) is 14.3. The Balaban J connectivity index is 1.78. The normalized spacial score (nSPS) is 16.6. The molecule has 0 bridgehead atoms. The van der Waals surface area contributed by atoms with Crippen molar-refractivity contribution in [3.63, 3.8) is 0 Å². The molecule has 1 aliphatic heterocycles. The Labute approximate surface area is 190 Å². The van der Waals surface area contributed by atoms with Crippen molar-refractivity contribution in [3.8, 4) is 0 Å². The van der Waals surface area contributed by atoms with Crippen molar-refractivity contribution in [2.75, 3.05) is 19.6 Å². The summed E-state index contributed by atoms with van der Waals surface area (Å²) in [6, 6.07) is 5.39. The number of hydrogen-bond donors (Lipinski definition) is 3. The molecule has 1 aliphatic rings. The first-order valence-corrected chi connectivity index (χ1v) is 11.4. The molecular formula is C20H27Cl2N5O2S. The molecular weight excluding hydrogens is 445 g/mol. The molecule has 2 amide bonds. The van der Waals surface area contributed by atoms with Gasteiger partial charge in [0.15, 0.2) is 0 Å². The maximum Gasteiger partial charge on any atom is 0.268 e. The molecule has 1 aromatic heterocycles. The van der Waals surface area contributed by atoms with E-state index >= 15 is 0 Å². The molecule has 10 heteroatoms. The molecule has 2 heterocycles. The van der Waals surface area contributed by atoms with Crippen LogP contribution in [0.5, 0.6) is 0 Å². The number of piperidine rings is 1. The summed E-state index contributed by atoms with van der Waals surface area (Å²) in [6.45, 7) is 3.58. The molecule has 164 valence electrons. The summed E-state index contributed by atoms with van der Waals surface area (Å²) in [6.07, 6.45) is 3.20. The molecule has 3 rings (SSSR count). The molecule has 1 fully saturated rings. The second-order valence-electron chi connectivity index (χ2n) is 7.69. The smallest absolute Gasteiger partial charge is 0.268 e. The highest BCUT2D eigenvalue weighted by Crippen LogP contribution is 2.34. The van der Waals surface area contributed by atoms with Gasteiger partial charge in [0.1, 0.15) is 5.69 Å². The van der Waals surface area contributed by atoms with E-state index in [4.69, 9.17) is 28.9 Å². The van der Waals surface area contributed by atoms with Crippen molar-refractivity contribution < 1.29 is 9.59 Å². The SMILES string of the molecule is CC(=O)NSN1CCC(CCCN)(NC(=O)c2cc3c(Cl)c(Cl)ccc3n2C)CC1. The van der Waals surface area contributed by atoms with E-state index in [0.29, 0.717) is 22.3 Å². The van der Waals surface area contributed by atoms with E-state index in [1.54, 1.807) is 12.1 Å². The van der Waals surface area contributed by atoms with Crippen LogP contribution < -0.4 is 15.8 Å². The lowest BCUT2D eigenvalue weighted by Gasteiger charge is -2.42. The molecule has 0 spiro atoms. The van der Waals surface area contributed by atoms with Gasteiger partial charge in [-0.2, -0.15) is 0 Å². The van der Waals surface area contributed by atoms with Crippen LogP contribution in [0.15, 0.2) is 18.2 Å². The average molecular weight is 472 g/mol. The van der Waals surface area contributed by atoms with Crippen molar-refractivity contribution in [1.82, 2.24) is 18.9 Å². The van der Waals surface area contributed by atoms with Gasteiger partial charge in [0.2, 0.25) is 5.91 Å². The monoisotopic (exact) mass is 471 g/mol. The summed E-state index contributed by atoms with van der Waals surface area (Å²) in [4.78, 5) is 24.4. The third kappa shape index (κ3) is 5.06. The van der Waals surface area contributed by atoms with E-state index in [9.17, 15) is 9.59 Å². The number of rotatable bonds is 7. The fourth-order valence-corrected chi connectivity index (χ4v) is 4.89. The Morgan fingerprint density at radius 2 is 1.97 bits per heavy atom. The van der Waals surface area contributed by atoms with Crippen molar-refractivity contribution >= 4 is 58.1 Å². The minimum absolute atomic E-state index is 0.0807. The maximum atomic E-state index is 13.2. The topological polar surface area (TPSA) is 92.4 Å². The summed E-state index contributed by atoms with van der Waals surface area (Å²) in [5.41, 5.74) is 6.82. The summed E-state index contributed by atoms with van der Waals surface area (Å²) >= 11 is 13.8. The lowest BCUT2D eigenvalue weighted by Crippen LogP contribution is -2.55. The first-order valence-electron chi connectivity index (χ1n) is 9.91. The highest BCUT2D eigenvalue weighted by Gasteiger charge is 2.36. The average Bonchev–Trinajstić information content (AvgIpc) is 3.06. The largest absolute Gasteiger partial charge is 0.345 e. The predicted octanol–water partition coefficient (Wildman–Crippen LogP) is 3.49. The summed E-state index contributed by atoms with van der Waals surface area (Å²) in [7, 11) is 1.85. The van der Waals surface area contributed by atoms with Crippen LogP contribution in [-0.2, 0) is 11.8 Å². The number of aryl methyl sites for hydroxylation is 1. The van der Waals surface area contributed by atoms with Gasteiger partial charge in [0.05, 0.1) is 10.0 Å². The second-order valence-corrected chi connectivity index (χ2v) is 9.38. The van der Waals surface area contributed by atoms with Crippen LogP contribution in [-0.4, -0.2) is 45.9 Å². The van der Waals surface area contributed by atoms with Crippen LogP contribution in [0.1, 0.15) is 43.1 Å². The van der Waals surface area contributed by atoms with Crippen molar-refractivity contribution in [3.05, 3.63) is 33.9 Å². The number of amides is 2. The number of nitrogens with two attached hydrogens (primary N) is 1. The minimum atomic E-state index is -0.332. The van der Waals surface area contributed by atoms with Crippen molar-refractivity contribution in [1.29, 1.82) is 0 Å². The molecule has 0 unspecified atom stereocenters. The van der Waals surface area contributed by atoms with Gasteiger partial charge in [-0.25, -0.2) is 4.31 Å². The zero-order chi connectivity index (χ0) is 21.9. The summed E-state index contributed by atoms with van der Waals surface area (Å²) in [5, 5.41) is 4.96. The predicted molar refractivity (Wildman–Crippen MR) is 124 cm³/mol. The highest BCUT2D eigenvalue weighted by atomic mass is 35.5. The standard InChI is InChI=1S/C20H27Cl2N5O2S/c1-13(28)25-30-27-10-7-20(8-11-27,6-3-9-23)24-19(29)17-12-14-16(26(17)2)5-4-15(21)18(14)22/h4-5,12H,3,6-11,23H2,1-2H3,(H,24,29)(H,25,28). The van der Waals surface area contributed by atoms with Crippen LogP contribution >= 0.6 is 35.3 Å². The van der Waals surface area contributed by atoms with E-state index in [0.717, 1.165) is 49.7 Å². The van der Waals surface area contributed by atoms with Gasteiger partial charge in [-0.05, 0) is 50.4 Å². The molecule has 0 aliphatic carbocycles. The highest BCUT2D eigenvalue weighted by molar-refractivity contribution is 7.95. The molecule has 0 saturated carbocycles. The zero-order valence-corrected chi connectivity index (χ0v) is 19.5. The number of aromatic nitrogens is 1. The third-order valence-corrected chi connectivity index (χ3v) is 7.40. The molecule has 2 aromatic rings. The molecule has 0 radical (unpaired) electrons. The quantitative estimate of drug-likeness (QED) is 0.537. The number of nitrogens with one attached hydrogen (secondary N) is 2. The molecule has 7 nitrogen and oxygen atoms in total. The van der Waals surface area contributed by atoms with Crippen LogP contribution in [0.25, 0.3) is 10.9 Å². The Morgan fingerprint density at radius 3 is 2.60 bits per heavy atom. The van der Waals surface area contributed by atoms with Crippen LogP contribution in [0, 0.1) is 0 Å². The van der Waals surface area contributed by atoms with Gasteiger partial charge < -0.3 is 15.6 Å². The van der Waals surface area contributed by atoms with E-state index in [2.05, 4.69) is 14.3 Å². The summed E-state index contributed by atoms with van der Waals surface area (Å²) in [5.74, 6) is -0.219. The molecule has 0 atom stereocenters. The maximum absolute atomic E-state index is 13.2.